The van der Waals surface area contributed by atoms with Crippen LogP contribution in [-0.4, -0.2) is 51.4 Å². The summed E-state index contributed by atoms with van der Waals surface area (Å²) in [6.07, 6.45) is 0.549. The van der Waals surface area contributed by atoms with Crippen LogP contribution in [0.25, 0.3) is 5.69 Å². The monoisotopic (exact) mass is 346 g/mol. The van der Waals surface area contributed by atoms with Crippen LogP contribution < -0.4 is 5.32 Å². The lowest BCUT2D eigenvalue weighted by atomic mass is 10.0. The number of likely N-dealkylation sites (tertiary alicyclic amines) is 1. The lowest BCUT2D eigenvalue weighted by Crippen LogP contribution is -2.33. The molecule has 1 fully saturated rings. The van der Waals surface area contributed by atoms with Gasteiger partial charge in [0.2, 0.25) is 5.91 Å². The lowest BCUT2D eigenvalue weighted by Gasteiger charge is -2.17. The Hall–Kier alpha value is -2.25. The molecule has 2 N–H and O–H groups in total. The van der Waals surface area contributed by atoms with Gasteiger partial charge in [-0.05, 0) is 57.0 Å². The minimum absolute atomic E-state index is 0.130. The van der Waals surface area contributed by atoms with Crippen molar-refractivity contribution >= 4 is 11.7 Å². The molecule has 0 saturated carbocycles. The number of aliphatic hydroxyl groups is 1. The van der Waals surface area contributed by atoms with E-state index in [-0.39, 0.29) is 30.3 Å². The molecule has 134 valence electrons. The number of nitrogens with zero attached hydrogens (tertiary/aromatic N) is 3. The predicted octanol–water partition coefficient (Wildman–Crippen LogP) is 1.96. The van der Waals surface area contributed by atoms with Gasteiger partial charge in [-0.2, -0.15) is 5.10 Å². The summed E-state index contributed by atoms with van der Waals surface area (Å²) >= 11 is 0. The largest absolute Gasteiger partial charge is 0.393 e. The number of halogens is 1. The molecule has 1 aliphatic heterocycles. The number of aromatic nitrogens is 2. The quantitative estimate of drug-likeness (QED) is 0.868. The van der Waals surface area contributed by atoms with Gasteiger partial charge in [-0.25, -0.2) is 9.07 Å². The number of rotatable bonds is 5. The summed E-state index contributed by atoms with van der Waals surface area (Å²) in [5.41, 5.74) is 1.44. The van der Waals surface area contributed by atoms with Crippen LogP contribution in [0.5, 0.6) is 0 Å². The van der Waals surface area contributed by atoms with Crippen LogP contribution in [0.1, 0.15) is 19.0 Å². The first-order chi connectivity index (χ1) is 11.9. The van der Waals surface area contributed by atoms with Crippen LogP contribution in [0.15, 0.2) is 30.3 Å². The highest BCUT2D eigenvalue weighted by Gasteiger charge is 2.27. The van der Waals surface area contributed by atoms with Crippen LogP contribution in [0.4, 0.5) is 10.2 Å². The Balaban J connectivity index is 1.67. The van der Waals surface area contributed by atoms with Gasteiger partial charge in [0.15, 0.2) is 0 Å². The van der Waals surface area contributed by atoms with Gasteiger partial charge in [0.05, 0.1) is 24.0 Å². The smallest absolute Gasteiger partial charge is 0.239 e. The third-order valence-electron chi connectivity index (χ3n) is 4.53. The number of carbonyl (C=O) groups excluding carboxylic acids is 1. The summed E-state index contributed by atoms with van der Waals surface area (Å²) < 4.78 is 14.7. The van der Waals surface area contributed by atoms with Crippen LogP contribution in [0, 0.1) is 18.7 Å². The average molecular weight is 346 g/mol. The van der Waals surface area contributed by atoms with Crippen molar-refractivity contribution in [2.45, 2.75) is 26.4 Å². The average Bonchev–Trinajstić information content (AvgIpc) is 3.15. The molecule has 1 saturated heterocycles. The molecule has 3 rings (SSSR count). The summed E-state index contributed by atoms with van der Waals surface area (Å²) in [6, 6.07) is 7.73. The maximum absolute atomic E-state index is 13.1. The van der Waals surface area contributed by atoms with Gasteiger partial charge >= 0.3 is 0 Å². The first-order valence-electron chi connectivity index (χ1n) is 8.45. The van der Waals surface area contributed by atoms with E-state index in [1.54, 1.807) is 29.8 Å². The number of hydrogen-bond acceptors (Lipinski definition) is 4. The van der Waals surface area contributed by atoms with E-state index < -0.39 is 0 Å². The van der Waals surface area contributed by atoms with Crippen LogP contribution >= 0.6 is 0 Å². The van der Waals surface area contributed by atoms with Crippen molar-refractivity contribution in [3.05, 3.63) is 41.8 Å². The van der Waals surface area contributed by atoms with Gasteiger partial charge in [0.25, 0.3) is 0 Å². The van der Waals surface area contributed by atoms with Crippen LogP contribution in [0.2, 0.25) is 0 Å². The van der Waals surface area contributed by atoms with Gasteiger partial charge in [0, 0.05) is 12.6 Å². The van der Waals surface area contributed by atoms with E-state index >= 15 is 0 Å². The fourth-order valence-electron chi connectivity index (χ4n) is 3.15. The number of carbonyl (C=O) groups is 1. The zero-order chi connectivity index (χ0) is 18.0. The van der Waals surface area contributed by atoms with E-state index in [1.165, 1.54) is 12.1 Å². The second-order valence-electron chi connectivity index (χ2n) is 6.63. The molecule has 2 unspecified atom stereocenters. The van der Waals surface area contributed by atoms with Crippen molar-refractivity contribution in [3.8, 4) is 5.69 Å². The van der Waals surface area contributed by atoms with Crippen molar-refractivity contribution < 1.29 is 14.3 Å². The van der Waals surface area contributed by atoms with Crippen LogP contribution in [0.3, 0.4) is 0 Å². The standard InChI is InChI=1S/C18H23FN4O2/c1-12-9-17(23(21-12)16-5-3-15(19)4-6-16)20-18(25)11-22-8-7-14(10-22)13(2)24/h3-6,9,13-14,24H,7-8,10-11H2,1-2H3,(H,20,25). The topological polar surface area (TPSA) is 70.4 Å². The molecule has 0 radical (unpaired) electrons. The molecule has 0 aliphatic carbocycles. The summed E-state index contributed by atoms with van der Waals surface area (Å²) in [6.45, 7) is 5.43. The highest BCUT2D eigenvalue weighted by atomic mass is 19.1. The van der Waals surface area contributed by atoms with E-state index in [1.807, 2.05) is 11.8 Å². The van der Waals surface area contributed by atoms with E-state index in [2.05, 4.69) is 10.4 Å². The molecule has 1 aromatic heterocycles. The second kappa shape index (κ2) is 7.33. The summed E-state index contributed by atoms with van der Waals surface area (Å²) in [5.74, 6) is 0.328. The normalized spacial score (nSPS) is 19.1. The van der Waals surface area contributed by atoms with Gasteiger partial charge in [-0.1, -0.05) is 0 Å². The van der Waals surface area contributed by atoms with E-state index in [0.717, 1.165) is 25.2 Å². The maximum atomic E-state index is 13.1. The predicted molar refractivity (Wildman–Crippen MR) is 93.1 cm³/mol. The number of aryl methyl sites for hydroxylation is 1. The molecule has 7 heteroatoms. The van der Waals surface area contributed by atoms with Gasteiger partial charge in [0.1, 0.15) is 11.6 Å². The van der Waals surface area contributed by atoms with Crippen LogP contribution in [-0.2, 0) is 4.79 Å². The first-order valence-corrected chi connectivity index (χ1v) is 8.45. The fraction of sp³-hybridized carbons (Fsp3) is 0.444. The Labute approximate surface area is 146 Å². The molecule has 25 heavy (non-hydrogen) atoms. The molecule has 0 bridgehead atoms. The first kappa shape index (κ1) is 17.6. The maximum Gasteiger partial charge on any atom is 0.239 e. The van der Waals surface area contributed by atoms with Crippen molar-refractivity contribution in [2.24, 2.45) is 5.92 Å². The molecule has 2 heterocycles. The second-order valence-corrected chi connectivity index (χ2v) is 6.63. The number of hydrogen-bond donors (Lipinski definition) is 2. The molecule has 6 nitrogen and oxygen atoms in total. The Bertz CT molecular complexity index is 742. The number of amides is 1. The molecule has 1 aliphatic rings. The lowest BCUT2D eigenvalue weighted by molar-refractivity contribution is -0.117. The third kappa shape index (κ3) is 4.24. The highest BCUT2D eigenvalue weighted by molar-refractivity contribution is 5.91. The van der Waals surface area contributed by atoms with Gasteiger partial charge < -0.3 is 10.4 Å². The number of nitrogens with one attached hydrogen (secondary N) is 1. The zero-order valence-corrected chi connectivity index (χ0v) is 14.4. The molecular weight excluding hydrogens is 323 g/mol. The van der Waals surface area contributed by atoms with Gasteiger partial charge in [-0.15, -0.1) is 0 Å². The fourth-order valence-corrected chi connectivity index (χ4v) is 3.15. The SMILES string of the molecule is Cc1cc(NC(=O)CN2CCC(C(C)O)C2)n(-c2ccc(F)cc2)n1. The number of anilines is 1. The Morgan fingerprint density at radius 1 is 1.44 bits per heavy atom. The molecule has 0 spiro atoms. The molecule has 1 amide bonds. The third-order valence-corrected chi connectivity index (χ3v) is 4.53. The minimum Gasteiger partial charge on any atom is -0.393 e. The minimum atomic E-state index is -0.351. The number of benzene rings is 1. The summed E-state index contributed by atoms with van der Waals surface area (Å²) in [4.78, 5) is 14.4. The highest BCUT2D eigenvalue weighted by Crippen LogP contribution is 2.20. The Kier molecular flexibility index (Phi) is 5.15. The Morgan fingerprint density at radius 2 is 2.16 bits per heavy atom. The molecular formula is C18H23FN4O2. The Morgan fingerprint density at radius 3 is 2.80 bits per heavy atom. The number of aliphatic hydroxyl groups excluding tert-OH is 1. The summed E-state index contributed by atoms with van der Waals surface area (Å²) in [7, 11) is 0. The van der Waals surface area contributed by atoms with E-state index in [4.69, 9.17) is 0 Å². The van der Waals surface area contributed by atoms with E-state index in [9.17, 15) is 14.3 Å². The van der Waals surface area contributed by atoms with Crippen molar-refractivity contribution in [2.75, 3.05) is 25.0 Å². The van der Waals surface area contributed by atoms with Crippen molar-refractivity contribution in [3.63, 3.8) is 0 Å². The molecule has 2 aromatic rings. The molecule has 2 atom stereocenters. The van der Waals surface area contributed by atoms with Crippen molar-refractivity contribution in [1.82, 2.24) is 14.7 Å². The van der Waals surface area contributed by atoms with Gasteiger partial charge in [-0.3, -0.25) is 9.69 Å². The zero-order valence-electron chi connectivity index (χ0n) is 14.4. The van der Waals surface area contributed by atoms with Crippen molar-refractivity contribution in [1.29, 1.82) is 0 Å². The summed E-state index contributed by atoms with van der Waals surface area (Å²) in [5, 5.41) is 16.9. The van der Waals surface area contributed by atoms with E-state index in [0.29, 0.717) is 11.5 Å². The molecule has 1 aromatic carbocycles.